The molecule has 0 fully saturated rings. The summed E-state index contributed by atoms with van der Waals surface area (Å²) < 4.78 is 0. The first kappa shape index (κ1) is 58.0. The van der Waals surface area contributed by atoms with Gasteiger partial charge in [0.1, 0.15) is 35.4 Å². The smallest absolute Gasteiger partial charge is 0.443 e. The fraction of sp³-hybridized carbons (Fsp3) is 0. The molecule has 0 spiro atoms. The molecule has 0 radical (unpaired) electrons. The zero-order valence-corrected chi connectivity index (χ0v) is 50.9. The van der Waals surface area contributed by atoms with E-state index in [1.807, 2.05) is 257 Å². The molecule has 1 aliphatic carbocycles. The maximum Gasteiger partial charge on any atom is 2.00 e. The number of fused-ring (bicyclic) bond motifs is 7. The van der Waals surface area contributed by atoms with Gasteiger partial charge in [-0.3, -0.25) is 9.80 Å². The number of benzene rings is 5. The first-order valence-electron chi connectivity index (χ1n) is 29.2. The van der Waals surface area contributed by atoms with E-state index in [1.165, 1.54) is 0 Å². The molecule has 0 saturated heterocycles. The number of pyridine rings is 6. The summed E-state index contributed by atoms with van der Waals surface area (Å²) in [7, 11) is 0. The van der Waals surface area contributed by atoms with Gasteiger partial charge in [-0.25, -0.2) is 39.9 Å². The van der Waals surface area contributed by atoms with E-state index in [1.54, 1.807) is 12.4 Å². The summed E-state index contributed by atoms with van der Waals surface area (Å²) in [6, 6.07) is 82.0. The Bertz CT molecular complexity index is 4590. The van der Waals surface area contributed by atoms with Gasteiger partial charge >= 0.3 is 21.1 Å². The number of amidine groups is 2. The van der Waals surface area contributed by atoms with Gasteiger partial charge in [-0.1, -0.05) is 211 Å². The number of para-hydroxylation sites is 1. The molecule has 91 heavy (non-hydrogen) atoms. The topological polar surface area (TPSA) is 142 Å². The van der Waals surface area contributed by atoms with Crippen LogP contribution in [-0.2, 0) is 21.1 Å². The molecule has 5 aromatic carbocycles. The summed E-state index contributed by atoms with van der Waals surface area (Å²) in [5, 5.41) is 3.97. The average Bonchev–Trinajstić information content (AvgIpc) is 1.33. The minimum Gasteiger partial charge on any atom is -0.443 e. The summed E-state index contributed by atoms with van der Waals surface area (Å²) in [4.78, 5) is 52.6. The Kier molecular flexibility index (Phi) is 17.4. The SMILES string of the molecule is [2HH].[C+]1=CC=C(N2c3cccc(n3)N=C3C=C(c4ccccc4)C=CN3N3C=CC(c4ccccc4)=CC3=Nc3cccc2n3)C=C1.[Pt+2].c1ccc(-c2cc[n-]c(=Nc3cccc(N(c4ccccc4)c4cccc(N=c5cc(-c6ccccc6)cc[n-]5)n4)n3)c2)cc1. The van der Waals surface area contributed by atoms with Gasteiger partial charge in [0.2, 0.25) is 0 Å². The van der Waals surface area contributed by atoms with Crippen LogP contribution in [0.15, 0.2) is 348 Å². The first-order chi connectivity index (χ1) is 44.6. The van der Waals surface area contributed by atoms with Gasteiger partial charge < -0.3 is 20.0 Å². The number of aromatic nitrogens is 6. The van der Waals surface area contributed by atoms with Gasteiger partial charge in [-0.2, -0.15) is 0 Å². The predicted molar refractivity (Wildman–Crippen MR) is 360 cm³/mol. The number of anilines is 5. The standard InChI is InChI=1S/C38H26N7.C38H27N7.Pt.H2/c1-4-12-28(13-5-1)30-22-24-43-37(26-30)41-33-18-10-20-35(39-33)45(32-16-8-3-9-17-32)36-21-11-19-34(40-36)42-38-27-31(23-25-44(38)43)29-14-6-2-7-15-29;1-4-12-28(13-5-1)30-22-24-39-35(26-30)41-33-18-10-20-37(43-33)45(32-16-8-3-9-17-32)38-21-11-19-34(44-38)42-36-27-31(23-25-40-36)29-14-6-2-7-15-29;;/h1-2,4-27H;1-27H;;1H/q+1;-2;+2;/i;;;1+1. The van der Waals surface area contributed by atoms with E-state index in [0.29, 0.717) is 69.2 Å². The molecule has 0 unspecified atom stereocenters. The van der Waals surface area contributed by atoms with Crippen molar-refractivity contribution in [1.82, 2.24) is 39.9 Å². The minimum atomic E-state index is 0. The quantitative estimate of drug-likeness (QED) is 0.121. The number of nitrogens with zero attached hydrogens (tertiary/aromatic N) is 14. The fourth-order valence-corrected chi connectivity index (χ4v) is 10.4. The van der Waals surface area contributed by atoms with Crippen molar-refractivity contribution in [2.45, 2.75) is 0 Å². The van der Waals surface area contributed by atoms with Crippen LogP contribution < -0.4 is 30.7 Å². The average molecular weight is 1360 g/mol. The van der Waals surface area contributed by atoms with Crippen molar-refractivity contribution >= 4 is 75.0 Å². The van der Waals surface area contributed by atoms with E-state index in [2.05, 4.69) is 88.9 Å². The maximum atomic E-state index is 5.12. The molecule has 15 rings (SSSR count). The molecule has 0 atom stereocenters. The van der Waals surface area contributed by atoms with Crippen molar-refractivity contribution in [2.75, 3.05) is 9.80 Å². The van der Waals surface area contributed by atoms with Gasteiger partial charge in [0, 0.05) is 25.6 Å². The molecule has 6 aromatic heterocycles. The Balaban J connectivity index is 0.000000174. The fourth-order valence-electron chi connectivity index (χ4n) is 10.4. The molecule has 438 valence electrons. The van der Waals surface area contributed by atoms with Crippen molar-refractivity contribution in [1.29, 1.82) is 0 Å². The van der Waals surface area contributed by atoms with Gasteiger partial charge in [0.05, 0.1) is 23.8 Å². The zero-order chi connectivity index (χ0) is 60.3. The number of hydrogen-bond donors (Lipinski definition) is 0. The molecule has 0 N–H and O–H groups in total. The van der Waals surface area contributed by atoms with Crippen molar-refractivity contribution < 1.29 is 22.5 Å². The molecule has 9 heterocycles. The van der Waals surface area contributed by atoms with E-state index < -0.39 is 0 Å². The molecule has 11 aromatic rings. The van der Waals surface area contributed by atoms with Crippen LogP contribution in [-0.4, -0.2) is 41.6 Å². The molecule has 14 nitrogen and oxygen atoms in total. The molecule has 4 bridgehead atoms. The molecular formula is C76H55N14Pt+. The number of hydrazine groups is 1. The van der Waals surface area contributed by atoms with E-state index in [9.17, 15) is 0 Å². The number of aliphatic imine (C=N–C) groups is 2. The number of hydrogen-bond acceptors (Lipinski definition) is 12. The third-order valence-electron chi connectivity index (χ3n) is 14.7. The van der Waals surface area contributed by atoms with Crippen molar-refractivity contribution in [2.24, 2.45) is 20.0 Å². The maximum absolute atomic E-state index is 5.12. The second-order valence-corrected chi connectivity index (χ2v) is 20.6. The van der Waals surface area contributed by atoms with Crippen LogP contribution in [0.5, 0.6) is 0 Å². The monoisotopic (exact) mass is 1360 g/mol. The number of rotatable bonds is 10. The third kappa shape index (κ3) is 13.6. The van der Waals surface area contributed by atoms with E-state index in [4.69, 9.17) is 39.9 Å². The largest absolute Gasteiger partial charge is 2.00 e. The van der Waals surface area contributed by atoms with E-state index >= 15 is 0 Å². The Hall–Kier alpha value is -12.1. The summed E-state index contributed by atoms with van der Waals surface area (Å²) in [5.74, 6) is 6.28. The summed E-state index contributed by atoms with van der Waals surface area (Å²) in [6.07, 6.45) is 26.8. The van der Waals surface area contributed by atoms with Crippen molar-refractivity contribution in [3.05, 3.63) is 356 Å². The second-order valence-electron chi connectivity index (χ2n) is 20.6. The summed E-state index contributed by atoms with van der Waals surface area (Å²) >= 11 is 0. The number of allylic oxidation sites excluding steroid dienone is 9. The van der Waals surface area contributed by atoms with Crippen LogP contribution in [0.25, 0.3) is 33.4 Å². The minimum absolute atomic E-state index is 0. The summed E-state index contributed by atoms with van der Waals surface area (Å²) in [6.45, 7) is 0. The molecule has 15 heteroatoms. The Morgan fingerprint density at radius 1 is 0.418 bits per heavy atom. The molecule has 3 aliphatic heterocycles. The van der Waals surface area contributed by atoms with Crippen LogP contribution in [0.2, 0.25) is 0 Å². The Morgan fingerprint density at radius 3 is 1.31 bits per heavy atom. The Morgan fingerprint density at radius 2 is 0.857 bits per heavy atom. The van der Waals surface area contributed by atoms with Crippen molar-refractivity contribution in [3.8, 4) is 22.3 Å². The van der Waals surface area contributed by atoms with Gasteiger partial charge in [-0.05, 0) is 129 Å². The van der Waals surface area contributed by atoms with Crippen LogP contribution in [0.3, 0.4) is 0 Å². The summed E-state index contributed by atoms with van der Waals surface area (Å²) in [5.41, 5.74) is 11.5. The second kappa shape index (κ2) is 27.3. The van der Waals surface area contributed by atoms with Crippen LogP contribution in [0.1, 0.15) is 12.6 Å². The molecule has 0 saturated carbocycles. The third-order valence-corrected chi connectivity index (χ3v) is 14.7. The van der Waals surface area contributed by atoms with Crippen LogP contribution in [0.4, 0.5) is 52.2 Å². The first-order valence-corrected chi connectivity index (χ1v) is 29.2. The molecule has 4 aliphatic rings. The van der Waals surface area contributed by atoms with Crippen LogP contribution in [0, 0.1) is 6.08 Å². The molecule has 0 amide bonds. The zero-order valence-electron chi connectivity index (χ0n) is 48.7. The van der Waals surface area contributed by atoms with Gasteiger partial charge in [0.15, 0.2) is 29.0 Å². The van der Waals surface area contributed by atoms with Crippen LogP contribution >= 0.6 is 0 Å². The van der Waals surface area contributed by atoms with Crippen molar-refractivity contribution in [3.63, 3.8) is 0 Å². The molecular weight excluding hydrogens is 1300 g/mol. The normalized spacial score (nSPS) is 14.0. The Labute approximate surface area is 542 Å². The predicted octanol–water partition coefficient (Wildman–Crippen LogP) is 16.1. The van der Waals surface area contributed by atoms with Gasteiger partial charge in [0.25, 0.3) is 0 Å². The van der Waals surface area contributed by atoms with E-state index in [0.717, 1.165) is 55.9 Å². The van der Waals surface area contributed by atoms with E-state index in [-0.39, 0.29) is 22.5 Å². The van der Waals surface area contributed by atoms with Gasteiger partial charge in [-0.15, -0.1) is 0 Å².